The van der Waals surface area contributed by atoms with E-state index in [1.165, 1.54) is 11.1 Å². The summed E-state index contributed by atoms with van der Waals surface area (Å²) in [4.78, 5) is 33.4. The average Bonchev–Trinajstić information content (AvgIpc) is 3.17. The minimum absolute atomic E-state index is 0. The summed E-state index contributed by atoms with van der Waals surface area (Å²) in [7, 11) is 0. The Morgan fingerprint density at radius 1 is 1.16 bits per heavy atom. The predicted molar refractivity (Wildman–Crippen MR) is 136 cm³/mol. The number of amides is 2. The second-order valence-electron chi connectivity index (χ2n) is 9.08. The molecule has 0 saturated carbocycles. The fraction of sp³-hybridized carbons (Fsp3) is 0.609. The van der Waals surface area contributed by atoms with Crippen LogP contribution >= 0.6 is 24.0 Å². The molecule has 0 aliphatic carbocycles. The maximum Gasteiger partial charge on any atom is 0.407 e. The number of halogens is 1. The van der Waals surface area contributed by atoms with Crippen molar-refractivity contribution in [2.45, 2.75) is 58.7 Å². The van der Waals surface area contributed by atoms with Crippen LogP contribution < -0.4 is 10.6 Å². The number of hydrogen-bond donors (Lipinski definition) is 2. The van der Waals surface area contributed by atoms with E-state index in [9.17, 15) is 9.59 Å². The molecule has 0 aromatic heterocycles. The molecule has 2 aliphatic heterocycles. The summed E-state index contributed by atoms with van der Waals surface area (Å²) in [5.74, 6) is 0.745. The molecular formula is C23H36IN5O3. The number of hydrogen-bond acceptors (Lipinski definition) is 4. The third-order valence-electron chi connectivity index (χ3n) is 5.39. The van der Waals surface area contributed by atoms with E-state index in [2.05, 4.69) is 32.7 Å². The summed E-state index contributed by atoms with van der Waals surface area (Å²) in [5, 5.41) is 6.20. The van der Waals surface area contributed by atoms with Gasteiger partial charge in [-0.2, -0.15) is 0 Å². The second kappa shape index (κ2) is 11.7. The fourth-order valence-corrected chi connectivity index (χ4v) is 3.92. The number of likely N-dealkylation sites (tertiary alicyclic amines) is 1. The van der Waals surface area contributed by atoms with Crippen molar-refractivity contribution >= 4 is 41.9 Å². The molecule has 0 bridgehead atoms. The van der Waals surface area contributed by atoms with E-state index >= 15 is 0 Å². The molecule has 8 nitrogen and oxygen atoms in total. The van der Waals surface area contributed by atoms with Gasteiger partial charge in [0.1, 0.15) is 12.1 Å². The Hall–Kier alpha value is -2.04. The quantitative estimate of drug-likeness (QED) is 0.338. The lowest BCUT2D eigenvalue weighted by atomic mass is 10.00. The summed E-state index contributed by atoms with van der Waals surface area (Å²) < 4.78 is 5.35. The van der Waals surface area contributed by atoms with Crippen molar-refractivity contribution in [2.24, 2.45) is 4.99 Å². The number of alkyl carbamates (subject to hydrolysis) is 1. The topological polar surface area (TPSA) is 86.3 Å². The normalized spacial score (nSPS) is 18.5. The van der Waals surface area contributed by atoms with Crippen molar-refractivity contribution in [1.82, 2.24) is 20.4 Å². The lowest BCUT2D eigenvalue weighted by Crippen LogP contribution is -2.45. The minimum Gasteiger partial charge on any atom is -0.444 e. The Labute approximate surface area is 208 Å². The summed E-state index contributed by atoms with van der Waals surface area (Å²) in [6.07, 6.45) is 1.29. The fourth-order valence-electron chi connectivity index (χ4n) is 3.92. The maximum atomic E-state index is 12.8. The number of nitrogens with zero attached hydrogens (tertiary/aromatic N) is 3. The molecule has 3 rings (SSSR count). The van der Waals surface area contributed by atoms with Gasteiger partial charge < -0.3 is 25.2 Å². The highest BCUT2D eigenvalue weighted by Crippen LogP contribution is 2.18. The maximum absolute atomic E-state index is 12.8. The number of nitrogens with one attached hydrogen (secondary N) is 2. The molecule has 1 unspecified atom stereocenters. The van der Waals surface area contributed by atoms with Crippen LogP contribution in [0.3, 0.4) is 0 Å². The van der Waals surface area contributed by atoms with Gasteiger partial charge in [0.05, 0.1) is 6.04 Å². The van der Waals surface area contributed by atoms with Crippen LogP contribution in [0.25, 0.3) is 0 Å². The summed E-state index contributed by atoms with van der Waals surface area (Å²) in [6, 6.07) is 8.28. The first-order chi connectivity index (χ1) is 14.7. The summed E-state index contributed by atoms with van der Waals surface area (Å²) in [6.45, 7) is 11.2. The third kappa shape index (κ3) is 7.53. The molecular weight excluding hydrogens is 521 g/mol. The number of rotatable bonds is 4. The number of benzene rings is 1. The largest absolute Gasteiger partial charge is 0.444 e. The van der Waals surface area contributed by atoms with Crippen molar-refractivity contribution in [1.29, 1.82) is 0 Å². The van der Waals surface area contributed by atoms with E-state index < -0.39 is 11.7 Å². The van der Waals surface area contributed by atoms with E-state index in [0.29, 0.717) is 25.6 Å². The van der Waals surface area contributed by atoms with Crippen LogP contribution in [0.2, 0.25) is 0 Å². The number of aliphatic imine (C=N–C) groups is 1. The molecule has 1 atom stereocenters. The first-order valence-electron chi connectivity index (χ1n) is 11.1. The van der Waals surface area contributed by atoms with E-state index in [1.54, 1.807) is 0 Å². The standard InChI is InChI=1S/C23H35N5O3.HI/c1-5-24-21(28-13-11-19(16-28)26-22(30)31-23(2,3)4)25-14-20(29)27-12-10-17-8-6-7-9-18(17)15-27;/h6-9,19H,5,10-16H2,1-4H3,(H,24,25)(H,26,30);1H. The molecule has 2 N–H and O–H groups in total. The van der Waals surface area contributed by atoms with E-state index in [0.717, 1.165) is 25.9 Å². The average molecular weight is 557 g/mol. The van der Waals surface area contributed by atoms with Crippen LogP contribution in [0.1, 0.15) is 45.2 Å². The zero-order valence-electron chi connectivity index (χ0n) is 19.5. The molecule has 2 heterocycles. The molecule has 178 valence electrons. The van der Waals surface area contributed by atoms with Gasteiger partial charge in [0.2, 0.25) is 5.91 Å². The number of fused-ring (bicyclic) bond motifs is 1. The highest BCUT2D eigenvalue weighted by Gasteiger charge is 2.28. The Bertz CT molecular complexity index is 824. The van der Waals surface area contributed by atoms with Gasteiger partial charge in [0, 0.05) is 32.7 Å². The smallest absolute Gasteiger partial charge is 0.407 e. The predicted octanol–water partition coefficient (Wildman–Crippen LogP) is 2.75. The second-order valence-corrected chi connectivity index (χ2v) is 9.08. The molecule has 1 aromatic carbocycles. The number of guanidine groups is 1. The molecule has 1 saturated heterocycles. The van der Waals surface area contributed by atoms with Gasteiger partial charge >= 0.3 is 6.09 Å². The molecule has 0 spiro atoms. The summed E-state index contributed by atoms with van der Waals surface area (Å²) in [5.41, 5.74) is 2.02. The lowest BCUT2D eigenvalue weighted by Gasteiger charge is -2.29. The number of carbonyl (C=O) groups is 2. The van der Waals surface area contributed by atoms with E-state index in [-0.39, 0.29) is 42.5 Å². The van der Waals surface area contributed by atoms with Crippen molar-refractivity contribution in [2.75, 3.05) is 32.7 Å². The van der Waals surface area contributed by atoms with E-state index in [4.69, 9.17) is 4.74 Å². The molecule has 0 radical (unpaired) electrons. The molecule has 1 aromatic rings. The van der Waals surface area contributed by atoms with Crippen LogP contribution in [0.4, 0.5) is 4.79 Å². The van der Waals surface area contributed by atoms with Crippen LogP contribution in [0, 0.1) is 0 Å². The zero-order valence-corrected chi connectivity index (χ0v) is 21.8. The Morgan fingerprint density at radius 2 is 1.88 bits per heavy atom. The zero-order chi connectivity index (χ0) is 22.4. The van der Waals surface area contributed by atoms with Gasteiger partial charge in [-0.1, -0.05) is 24.3 Å². The van der Waals surface area contributed by atoms with E-state index in [1.807, 2.05) is 44.7 Å². The molecule has 32 heavy (non-hydrogen) atoms. The third-order valence-corrected chi connectivity index (χ3v) is 5.39. The Balaban J connectivity index is 0.00000363. The summed E-state index contributed by atoms with van der Waals surface area (Å²) >= 11 is 0. The minimum atomic E-state index is -0.520. The number of ether oxygens (including phenoxy) is 1. The highest BCUT2D eigenvalue weighted by molar-refractivity contribution is 14.0. The van der Waals surface area contributed by atoms with Crippen LogP contribution in [0.15, 0.2) is 29.3 Å². The SMILES string of the molecule is CCNC(=NCC(=O)N1CCc2ccccc2C1)N1CCC(NC(=O)OC(C)(C)C)C1.I. The lowest BCUT2D eigenvalue weighted by molar-refractivity contribution is -0.130. The first kappa shape index (κ1) is 26.2. The monoisotopic (exact) mass is 557 g/mol. The van der Waals surface area contributed by atoms with Crippen molar-refractivity contribution in [3.8, 4) is 0 Å². The van der Waals surface area contributed by atoms with Gasteiger partial charge in [-0.25, -0.2) is 9.79 Å². The first-order valence-corrected chi connectivity index (χ1v) is 11.1. The highest BCUT2D eigenvalue weighted by atomic mass is 127. The molecule has 2 amide bonds. The van der Waals surface area contributed by atoms with Gasteiger partial charge in [0.15, 0.2) is 5.96 Å². The van der Waals surface area contributed by atoms with Gasteiger partial charge in [-0.05, 0) is 51.7 Å². The van der Waals surface area contributed by atoms with Crippen molar-refractivity contribution < 1.29 is 14.3 Å². The van der Waals surface area contributed by atoms with Crippen molar-refractivity contribution in [3.63, 3.8) is 0 Å². The molecule has 2 aliphatic rings. The van der Waals surface area contributed by atoms with Crippen LogP contribution in [-0.2, 0) is 22.5 Å². The Morgan fingerprint density at radius 3 is 2.56 bits per heavy atom. The van der Waals surface area contributed by atoms with Gasteiger partial charge in [-0.15, -0.1) is 24.0 Å². The van der Waals surface area contributed by atoms with Crippen molar-refractivity contribution in [3.05, 3.63) is 35.4 Å². The molecule has 9 heteroatoms. The number of carbonyl (C=O) groups excluding carboxylic acids is 2. The van der Waals surface area contributed by atoms with Crippen LogP contribution in [-0.4, -0.2) is 72.1 Å². The van der Waals surface area contributed by atoms with Gasteiger partial charge in [-0.3, -0.25) is 4.79 Å². The van der Waals surface area contributed by atoms with Crippen LogP contribution in [0.5, 0.6) is 0 Å². The Kier molecular flexibility index (Phi) is 9.60. The molecule has 1 fully saturated rings. The van der Waals surface area contributed by atoms with Gasteiger partial charge in [0.25, 0.3) is 0 Å².